The van der Waals surface area contributed by atoms with Crippen LogP contribution in [0, 0.1) is 45.3 Å². The van der Waals surface area contributed by atoms with Crippen LogP contribution in [0.1, 0.15) is 22.8 Å². The highest BCUT2D eigenvalue weighted by atomic mass is 14.9. The number of fused-ring (bicyclic) bond motifs is 2. The molecule has 3 aromatic rings. The first kappa shape index (κ1) is 12.9. The first-order valence-electron chi connectivity index (χ1n) is 5.84. The summed E-state index contributed by atoms with van der Waals surface area (Å²) in [6.07, 6.45) is 0. The van der Waals surface area contributed by atoms with Crippen molar-refractivity contribution in [1.29, 1.82) is 21.0 Å². The van der Waals surface area contributed by atoms with E-state index in [1.807, 2.05) is 0 Å². The van der Waals surface area contributed by atoms with Crippen LogP contribution >= 0.6 is 0 Å². The molecule has 0 aliphatic rings. The van der Waals surface area contributed by atoms with E-state index in [2.05, 4.69) is 19.9 Å². The van der Waals surface area contributed by atoms with Gasteiger partial charge in [-0.1, -0.05) is 0 Å². The molecule has 0 fully saturated rings. The van der Waals surface area contributed by atoms with E-state index in [4.69, 9.17) is 21.0 Å². The van der Waals surface area contributed by atoms with Crippen molar-refractivity contribution >= 4 is 22.1 Å². The fourth-order valence-electron chi connectivity index (χ4n) is 1.92. The predicted octanol–water partition coefficient (Wildman–Crippen LogP) is 1.06. The van der Waals surface area contributed by atoms with E-state index in [9.17, 15) is 0 Å². The average Bonchev–Trinajstić information content (AvgIpc) is 2.57. The van der Waals surface area contributed by atoms with Crippen LogP contribution in [0.3, 0.4) is 0 Å². The van der Waals surface area contributed by atoms with Gasteiger partial charge >= 0.3 is 0 Å². The van der Waals surface area contributed by atoms with Gasteiger partial charge in [-0.25, -0.2) is 19.9 Å². The SMILES string of the molecule is N#Cc1nc2cc3nc(C#N)c(C#N)nc3cc2nc1C#N. The van der Waals surface area contributed by atoms with Crippen molar-refractivity contribution in [2.75, 3.05) is 0 Å². The molecule has 0 saturated heterocycles. The maximum Gasteiger partial charge on any atom is 0.177 e. The Labute approximate surface area is 123 Å². The monoisotopic (exact) mass is 282 g/mol. The van der Waals surface area contributed by atoms with Gasteiger partial charge in [0.05, 0.1) is 22.1 Å². The number of hydrogen-bond donors (Lipinski definition) is 0. The molecule has 0 aliphatic carbocycles. The largest absolute Gasteiger partial charge is 0.232 e. The Morgan fingerprint density at radius 1 is 0.500 bits per heavy atom. The van der Waals surface area contributed by atoms with Gasteiger partial charge in [-0.2, -0.15) is 21.0 Å². The Bertz CT molecular complexity index is 942. The fraction of sp³-hybridized carbons (Fsp3) is 0. The Balaban J connectivity index is 2.43. The minimum absolute atomic E-state index is 0.0866. The molecular weight excluding hydrogens is 280 g/mol. The van der Waals surface area contributed by atoms with Gasteiger partial charge in [-0.05, 0) is 12.1 Å². The van der Waals surface area contributed by atoms with Gasteiger partial charge < -0.3 is 0 Å². The quantitative estimate of drug-likeness (QED) is 0.556. The maximum atomic E-state index is 8.96. The fourth-order valence-corrected chi connectivity index (χ4v) is 1.92. The second-order valence-electron chi connectivity index (χ2n) is 4.12. The highest BCUT2D eigenvalue weighted by Gasteiger charge is 2.12. The van der Waals surface area contributed by atoms with Crippen molar-refractivity contribution in [1.82, 2.24) is 19.9 Å². The van der Waals surface area contributed by atoms with Crippen LogP contribution < -0.4 is 0 Å². The molecule has 8 nitrogen and oxygen atoms in total. The first-order valence-corrected chi connectivity index (χ1v) is 5.84. The van der Waals surface area contributed by atoms with E-state index in [1.54, 1.807) is 24.3 Å². The highest BCUT2D eigenvalue weighted by Crippen LogP contribution is 2.20. The molecule has 1 aromatic carbocycles. The Hall–Kier alpha value is -4.14. The molecule has 2 heterocycles. The van der Waals surface area contributed by atoms with Crippen molar-refractivity contribution in [3.8, 4) is 24.3 Å². The maximum absolute atomic E-state index is 8.96. The minimum Gasteiger partial charge on any atom is -0.232 e. The number of benzene rings is 1. The molecule has 0 atom stereocenters. The van der Waals surface area contributed by atoms with Crippen LogP contribution in [-0.4, -0.2) is 19.9 Å². The lowest BCUT2D eigenvalue weighted by molar-refractivity contribution is 1.18. The topological polar surface area (TPSA) is 147 Å². The van der Waals surface area contributed by atoms with Gasteiger partial charge in [0.2, 0.25) is 0 Å². The van der Waals surface area contributed by atoms with E-state index >= 15 is 0 Å². The summed E-state index contributed by atoms with van der Waals surface area (Å²) in [6, 6.07) is 10.2. The zero-order chi connectivity index (χ0) is 15.7. The molecule has 3 rings (SSSR count). The zero-order valence-electron chi connectivity index (χ0n) is 10.7. The lowest BCUT2D eigenvalue weighted by Gasteiger charge is -2.03. The van der Waals surface area contributed by atoms with Gasteiger partial charge in [0.1, 0.15) is 24.3 Å². The normalized spacial score (nSPS) is 9.64. The van der Waals surface area contributed by atoms with Crippen LogP contribution in [0.4, 0.5) is 0 Å². The molecule has 0 aliphatic heterocycles. The summed E-state index contributed by atoms with van der Waals surface area (Å²) in [6.45, 7) is 0. The third-order valence-corrected chi connectivity index (χ3v) is 2.87. The molecule has 0 amide bonds. The summed E-state index contributed by atoms with van der Waals surface area (Å²) < 4.78 is 0. The van der Waals surface area contributed by atoms with Crippen molar-refractivity contribution in [2.45, 2.75) is 0 Å². The number of aromatic nitrogens is 4. The number of nitrogens with zero attached hydrogens (tertiary/aromatic N) is 8. The summed E-state index contributed by atoms with van der Waals surface area (Å²) in [5, 5.41) is 35.8. The van der Waals surface area contributed by atoms with Crippen LogP contribution in [-0.2, 0) is 0 Å². The molecule has 0 radical (unpaired) electrons. The Morgan fingerprint density at radius 2 is 0.727 bits per heavy atom. The minimum atomic E-state index is -0.0866. The molecule has 0 saturated carbocycles. The summed E-state index contributed by atoms with van der Waals surface area (Å²) in [5.74, 6) is 0. The van der Waals surface area contributed by atoms with Gasteiger partial charge in [-0.15, -0.1) is 0 Å². The summed E-state index contributed by atoms with van der Waals surface area (Å²) >= 11 is 0. The molecule has 0 bridgehead atoms. The lowest BCUT2D eigenvalue weighted by Crippen LogP contribution is -1.99. The number of nitriles is 4. The van der Waals surface area contributed by atoms with Crippen molar-refractivity contribution < 1.29 is 0 Å². The lowest BCUT2D eigenvalue weighted by atomic mass is 10.2. The third-order valence-electron chi connectivity index (χ3n) is 2.87. The van der Waals surface area contributed by atoms with Crippen LogP contribution in [0.5, 0.6) is 0 Å². The zero-order valence-corrected chi connectivity index (χ0v) is 10.7. The van der Waals surface area contributed by atoms with E-state index in [0.717, 1.165) is 0 Å². The highest BCUT2D eigenvalue weighted by molar-refractivity contribution is 5.91. The molecule has 22 heavy (non-hydrogen) atoms. The Morgan fingerprint density at radius 3 is 0.909 bits per heavy atom. The second-order valence-corrected chi connectivity index (χ2v) is 4.12. The van der Waals surface area contributed by atoms with E-state index < -0.39 is 0 Å². The van der Waals surface area contributed by atoms with E-state index in [-0.39, 0.29) is 22.8 Å². The van der Waals surface area contributed by atoms with Gasteiger partial charge in [0.15, 0.2) is 22.8 Å². The van der Waals surface area contributed by atoms with Crippen molar-refractivity contribution in [2.24, 2.45) is 0 Å². The van der Waals surface area contributed by atoms with Crippen molar-refractivity contribution in [3.05, 3.63) is 34.9 Å². The molecule has 8 heteroatoms. The van der Waals surface area contributed by atoms with Crippen LogP contribution in [0.2, 0.25) is 0 Å². The second kappa shape index (κ2) is 4.76. The number of hydrogen-bond acceptors (Lipinski definition) is 8. The van der Waals surface area contributed by atoms with E-state index in [0.29, 0.717) is 22.1 Å². The van der Waals surface area contributed by atoms with E-state index in [1.165, 1.54) is 12.1 Å². The molecule has 2 aromatic heterocycles. The average molecular weight is 282 g/mol. The smallest absolute Gasteiger partial charge is 0.177 e. The van der Waals surface area contributed by atoms with Gasteiger partial charge in [0, 0.05) is 0 Å². The van der Waals surface area contributed by atoms with Crippen LogP contribution in [0.15, 0.2) is 12.1 Å². The third kappa shape index (κ3) is 1.82. The number of rotatable bonds is 0. The summed E-state index contributed by atoms with van der Waals surface area (Å²) in [4.78, 5) is 16.2. The van der Waals surface area contributed by atoms with Gasteiger partial charge in [-0.3, -0.25) is 0 Å². The molecular formula is C14H2N8. The van der Waals surface area contributed by atoms with Gasteiger partial charge in [0.25, 0.3) is 0 Å². The molecule has 98 valence electrons. The molecule has 0 N–H and O–H groups in total. The molecule has 0 unspecified atom stereocenters. The van der Waals surface area contributed by atoms with Crippen molar-refractivity contribution in [3.63, 3.8) is 0 Å². The Kier molecular flexibility index (Phi) is 2.78. The predicted molar refractivity (Wildman–Crippen MR) is 71.5 cm³/mol. The molecule has 0 spiro atoms. The standard InChI is InChI=1S/C14H2N8/c15-3-11-13(5-17)21-9-2-10-8(1-7(9)19-11)20-12(4-16)14(6-18)22-10/h1-2H. The first-order chi connectivity index (χ1) is 10.7. The summed E-state index contributed by atoms with van der Waals surface area (Å²) in [5.41, 5.74) is 1.06. The van der Waals surface area contributed by atoms with Crippen LogP contribution in [0.25, 0.3) is 22.1 Å². The summed E-state index contributed by atoms with van der Waals surface area (Å²) in [7, 11) is 0.